The number of thiocarbonyl (C=S) groups is 1. The van der Waals surface area contributed by atoms with Crippen LogP contribution in [-0.4, -0.2) is 24.2 Å². The van der Waals surface area contributed by atoms with Crippen LogP contribution in [0.3, 0.4) is 0 Å². The summed E-state index contributed by atoms with van der Waals surface area (Å²) in [6.45, 7) is 10.5. The van der Waals surface area contributed by atoms with Crippen molar-refractivity contribution in [2.75, 3.05) is 29.2 Å². The van der Waals surface area contributed by atoms with Crippen molar-refractivity contribution < 1.29 is 14.3 Å². The van der Waals surface area contributed by atoms with E-state index in [2.05, 4.69) is 28.9 Å². The smallest absolute Gasteiger partial charge is 0.227 e. The van der Waals surface area contributed by atoms with Crippen molar-refractivity contribution in [3.8, 4) is 11.5 Å². The zero-order valence-electron chi connectivity index (χ0n) is 18.3. The van der Waals surface area contributed by atoms with E-state index in [9.17, 15) is 4.79 Å². The number of carbonyl (C=O) groups is 1. The zero-order valence-corrected chi connectivity index (χ0v) is 19.1. The lowest BCUT2D eigenvalue weighted by Crippen LogP contribution is -2.21. The minimum absolute atomic E-state index is 0.0903. The number of nitrogens with one attached hydrogen (secondary N) is 3. The fourth-order valence-corrected chi connectivity index (χ4v) is 3.03. The van der Waals surface area contributed by atoms with Gasteiger partial charge in [-0.05, 0) is 44.1 Å². The van der Waals surface area contributed by atoms with Gasteiger partial charge >= 0.3 is 0 Å². The first-order chi connectivity index (χ1) is 14.4. The van der Waals surface area contributed by atoms with Crippen molar-refractivity contribution in [3.05, 3.63) is 42.0 Å². The molecule has 0 atom stereocenters. The van der Waals surface area contributed by atoms with E-state index < -0.39 is 0 Å². The van der Waals surface area contributed by atoms with Crippen LogP contribution < -0.4 is 25.4 Å². The highest BCUT2D eigenvalue weighted by atomic mass is 32.1. The summed E-state index contributed by atoms with van der Waals surface area (Å²) < 4.78 is 11.5. The Balaban J connectivity index is 2.31. The molecule has 0 saturated carbocycles. The van der Waals surface area contributed by atoms with Gasteiger partial charge in [0.1, 0.15) is 11.5 Å². The highest BCUT2D eigenvalue weighted by Gasteiger charge is 2.17. The molecule has 0 unspecified atom stereocenters. The van der Waals surface area contributed by atoms with E-state index in [-0.39, 0.29) is 11.8 Å². The standard InChI is InChI=1S/C23H31N3O3S/c1-6-16-11-9-10-12-17(16)25-23(30)26-19-14-20(28-7-2)18(13-21(19)29-8-3)24-22(27)15(4)5/h9-15H,6-8H2,1-5H3,(H,24,27)(H2,25,26,30). The number of aryl methyl sites for hydroxylation is 1. The largest absolute Gasteiger partial charge is 0.492 e. The second-order valence-electron chi connectivity index (χ2n) is 6.94. The third-order valence-electron chi connectivity index (χ3n) is 4.36. The molecule has 2 aromatic rings. The number of hydrogen-bond acceptors (Lipinski definition) is 4. The van der Waals surface area contributed by atoms with Crippen molar-refractivity contribution in [2.45, 2.75) is 41.0 Å². The quantitative estimate of drug-likeness (QED) is 0.461. The second-order valence-corrected chi connectivity index (χ2v) is 7.35. The first-order valence-corrected chi connectivity index (χ1v) is 10.7. The molecule has 0 aliphatic carbocycles. The van der Waals surface area contributed by atoms with E-state index in [4.69, 9.17) is 21.7 Å². The van der Waals surface area contributed by atoms with Gasteiger partial charge < -0.3 is 25.4 Å². The van der Waals surface area contributed by atoms with Gasteiger partial charge in [-0.3, -0.25) is 4.79 Å². The maximum atomic E-state index is 12.2. The minimum Gasteiger partial charge on any atom is -0.492 e. The van der Waals surface area contributed by atoms with Crippen LogP contribution in [0.5, 0.6) is 11.5 Å². The molecule has 0 radical (unpaired) electrons. The molecule has 0 fully saturated rings. The number of benzene rings is 2. The number of amides is 1. The molecule has 0 bridgehead atoms. The van der Waals surface area contributed by atoms with Gasteiger partial charge in [0.25, 0.3) is 0 Å². The van der Waals surface area contributed by atoms with E-state index in [1.54, 1.807) is 12.1 Å². The second kappa shape index (κ2) is 11.4. The molecule has 0 aliphatic rings. The predicted octanol–water partition coefficient (Wildman–Crippen LogP) is 5.45. The van der Waals surface area contributed by atoms with E-state index in [0.29, 0.717) is 41.2 Å². The number of hydrogen-bond donors (Lipinski definition) is 3. The molecule has 0 saturated heterocycles. The molecule has 3 N–H and O–H groups in total. The molecule has 0 aliphatic heterocycles. The summed E-state index contributed by atoms with van der Waals surface area (Å²) >= 11 is 5.53. The Morgan fingerprint density at radius 2 is 1.43 bits per heavy atom. The lowest BCUT2D eigenvalue weighted by atomic mass is 10.1. The Morgan fingerprint density at radius 1 is 0.900 bits per heavy atom. The molecule has 162 valence electrons. The lowest BCUT2D eigenvalue weighted by molar-refractivity contribution is -0.118. The Bertz CT molecular complexity index is 884. The van der Waals surface area contributed by atoms with Crippen LogP contribution >= 0.6 is 12.2 Å². The fourth-order valence-electron chi connectivity index (χ4n) is 2.81. The molecule has 7 heteroatoms. The van der Waals surface area contributed by atoms with Crippen molar-refractivity contribution in [3.63, 3.8) is 0 Å². The Kier molecular flexibility index (Phi) is 8.92. The molecule has 0 spiro atoms. The van der Waals surface area contributed by atoms with Crippen LogP contribution in [0.1, 0.15) is 40.2 Å². The summed E-state index contributed by atoms with van der Waals surface area (Å²) in [6.07, 6.45) is 0.898. The third-order valence-corrected chi connectivity index (χ3v) is 4.56. The molecule has 6 nitrogen and oxygen atoms in total. The van der Waals surface area contributed by atoms with Crippen molar-refractivity contribution in [2.24, 2.45) is 5.92 Å². The highest BCUT2D eigenvalue weighted by molar-refractivity contribution is 7.80. The van der Waals surface area contributed by atoms with Gasteiger partial charge in [-0.15, -0.1) is 0 Å². The Morgan fingerprint density at radius 3 is 1.97 bits per heavy atom. The van der Waals surface area contributed by atoms with Gasteiger partial charge in [0, 0.05) is 23.7 Å². The van der Waals surface area contributed by atoms with Crippen LogP contribution in [0, 0.1) is 5.92 Å². The zero-order chi connectivity index (χ0) is 22.1. The number of para-hydroxylation sites is 1. The summed E-state index contributed by atoms with van der Waals surface area (Å²) in [5.41, 5.74) is 3.36. The van der Waals surface area contributed by atoms with Crippen molar-refractivity contribution in [1.82, 2.24) is 0 Å². The Labute approximate surface area is 184 Å². The van der Waals surface area contributed by atoms with E-state index >= 15 is 0 Å². The van der Waals surface area contributed by atoms with Gasteiger partial charge in [-0.2, -0.15) is 0 Å². The summed E-state index contributed by atoms with van der Waals surface area (Å²) in [4.78, 5) is 12.2. The van der Waals surface area contributed by atoms with Crippen LogP contribution in [0.2, 0.25) is 0 Å². The fraction of sp³-hybridized carbons (Fsp3) is 0.391. The topological polar surface area (TPSA) is 71.6 Å². The SMILES string of the molecule is CCOc1cc(NC(=S)Nc2ccccc2CC)c(OCC)cc1NC(=O)C(C)C. The van der Waals surface area contributed by atoms with Gasteiger partial charge in [0.15, 0.2) is 5.11 Å². The van der Waals surface area contributed by atoms with E-state index in [0.717, 1.165) is 12.1 Å². The summed E-state index contributed by atoms with van der Waals surface area (Å²) in [5, 5.41) is 9.80. The van der Waals surface area contributed by atoms with Gasteiger partial charge in [0.05, 0.1) is 24.6 Å². The number of anilines is 3. The van der Waals surface area contributed by atoms with Crippen LogP contribution in [-0.2, 0) is 11.2 Å². The molecular weight excluding hydrogens is 398 g/mol. The lowest BCUT2D eigenvalue weighted by Gasteiger charge is -2.20. The number of ether oxygens (including phenoxy) is 2. The molecule has 0 heterocycles. The maximum Gasteiger partial charge on any atom is 0.227 e. The summed E-state index contributed by atoms with van der Waals surface area (Å²) in [7, 11) is 0. The molecule has 2 rings (SSSR count). The monoisotopic (exact) mass is 429 g/mol. The Hall–Kier alpha value is -2.80. The van der Waals surface area contributed by atoms with Crippen LogP contribution in [0.25, 0.3) is 0 Å². The average molecular weight is 430 g/mol. The molecule has 0 aromatic heterocycles. The summed E-state index contributed by atoms with van der Waals surface area (Å²) in [5.74, 6) is 0.887. The van der Waals surface area contributed by atoms with Crippen molar-refractivity contribution >= 4 is 40.3 Å². The normalized spacial score (nSPS) is 10.5. The van der Waals surface area contributed by atoms with E-state index in [1.165, 1.54) is 5.56 Å². The van der Waals surface area contributed by atoms with Crippen molar-refractivity contribution in [1.29, 1.82) is 0 Å². The average Bonchev–Trinajstić information content (AvgIpc) is 2.71. The van der Waals surface area contributed by atoms with E-state index in [1.807, 2.05) is 45.9 Å². The van der Waals surface area contributed by atoms with Gasteiger partial charge in [-0.25, -0.2) is 0 Å². The third kappa shape index (κ3) is 6.35. The minimum atomic E-state index is -0.150. The molecule has 30 heavy (non-hydrogen) atoms. The van der Waals surface area contributed by atoms with Gasteiger partial charge in [-0.1, -0.05) is 39.0 Å². The predicted molar refractivity (Wildman–Crippen MR) is 128 cm³/mol. The number of carbonyl (C=O) groups excluding carboxylic acids is 1. The number of rotatable bonds is 9. The molecular formula is C23H31N3O3S. The summed E-state index contributed by atoms with van der Waals surface area (Å²) in [6, 6.07) is 11.6. The first kappa shape index (κ1) is 23.5. The maximum absolute atomic E-state index is 12.2. The molecule has 2 aromatic carbocycles. The van der Waals surface area contributed by atoms with Gasteiger partial charge in [0.2, 0.25) is 5.91 Å². The van der Waals surface area contributed by atoms with Crippen LogP contribution in [0.15, 0.2) is 36.4 Å². The molecule has 1 amide bonds. The van der Waals surface area contributed by atoms with Crippen LogP contribution in [0.4, 0.5) is 17.1 Å². The first-order valence-electron chi connectivity index (χ1n) is 10.3. The highest BCUT2D eigenvalue weighted by Crippen LogP contribution is 2.37.